The number of hydrogen-bond donors (Lipinski definition) is 0. The molecule has 0 aliphatic heterocycles. The molecule has 0 aromatic rings. The fourth-order valence-electron chi connectivity index (χ4n) is 1.52. The largest absolute Gasteiger partial charge is 0.397 e. The van der Waals surface area contributed by atoms with Crippen LogP contribution in [0.5, 0.6) is 0 Å². The molecule has 14 heavy (non-hydrogen) atoms. The van der Waals surface area contributed by atoms with Gasteiger partial charge in [-0.15, -0.1) is 0 Å². The van der Waals surface area contributed by atoms with Gasteiger partial charge >= 0.3 is 8.56 Å². The van der Waals surface area contributed by atoms with Crippen LogP contribution in [0.15, 0.2) is 0 Å². The predicted octanol–water partition coefficient (Wildman–Crippen LogP) is 2.01. The fourth-order valence-corrected chi connectivity index (χ4v) is 3.07. The lowest BCUT2D eigenvalue weighted by Crippen LogP contribution is -2.49. The Hall–Kier alpha value is 0.0969. The second-order valence-corrected chi connectivity index (χ2v) is 7.22. The van der Waals surface area contributed by atoms with Crippen LogP contribution in [-0.4, -0.2) is 46.9 Å². The van der Waals surface area contributed by atoms with Crippen molar-refractivity contribution in [3.05, 3.63) is 0 Å². The first-order valence-corrected chi connectivity index (χ1v) is 7.96. The Balaban J connectivity index is 4.10. The zero-order chi connectivity index (χ0) is 11.0. The molecule has 0 saturated carbocycles. The highest BCUT2D eigenvalue weighted by atomic mass is 28.4. The van der Waals surface area contributed by atoms with Crippen LogP contribution in [-0.2, 0) is 8.85 Å². The van der Waals surface area contributed by atoms with Crippen molar-refractivity contribution in [2.75, 3.05) is 33.5 Å². The van der Waals surface area contributed by atoms with Gasteiger partial charge in [-0.2, -0.15) is 0 Å². The molecule has 0 rings (SSSR count). The molecule has 3 nitrogen and oxygen atoms in total. The van der Waals surface area contributed by atoms with Crippen LogP contribution in [0.2, 0.25) is 6.55 Å². The topological polar surface area (TPSA) is 21.7 Å². The number of rotatable bonds is 8. The lowest BCUT2D eigenvalue weighted by molar-refractivity contribution is 0.208. The van der Waals surface area contributed by atoms with Gasteiger partial charge in [0.1, 0.15) is 0 Å². The van der Waals surface area contributed by atoms with E-state index in [1.165, 1.54) is 12.8 Å². The molecular weight excluding hydrogens is 194 g/mol. The Bertz CT molecular complexity index is 134. The summed E-state index contributed by atoms with van der Waals surface area (Å²) >= 11 is 0. The van der Waals surface area contributed by atoms with Crippen molar-refractivity contribution in [1.82, 2.24) is 4.90 Å². The Morgan fingerprint density at radius 3 is 1.71 bits per heavy atom. The van der Waals surface area contributed by atoms with E-state index in [0.29, 0.717) is 0 Å². The van der Waals surface area contributed by atoms with Crippen LogP contribution in [0.3, 0.4) is 0 Å². The van der Waals surface area contributed by atoms with Crippen LogP contribution >= 0.6 is 0 Å². The van der Waals surface area contributed by atoms with Gasteiger partial charge in [-0.05, 0) is 32.5 Å². The van der Waals surface area contributed by atoms with Crippen molar-refractivity contribution < 1.29 is 8.85 Å². The van der Waals surface area contributed by atoms with Gasteiger partial charge in [-0.3, -0.25) is 0 Å². The van der Waals surface area contributed by atoms with Crippen LogP contribution in [0.4, 0.5) is 0 Å². The van der Waals surface area contributed by atoms with Gasteiger partial charge in [-0.25, -0.2) is 0 Å². The number of nitrogens with zero attached hydrogens (tertiary/aromatic N) is 1. The summed E-state index contributed by atoms with van der Waals surface area (Å²) in [5, 5.41) is 0. The molecule has 0 heterocycles. The average molecular weight is 219 g/mol. The van der Waals surface area contributed by atoms with E-state index in [4.69, 9.17) is 8.85 Å². The molecule has 0 aromatic carbocycles. The van der Waals surface area contributed by atoms with Gasteiger partial charge in [0.2, 0.25) is 0 Å². The van der Waals surface area contributed by atoms with E-state index >= 15 is 0 Å². The van der Waals surface area contributed by atoms with E-state index in [9.17, 15) is 0 Å². The van der Waals surface area contributed by atoms with Gasteiger partial charge in [0.05, 0.1) is 0 Å². The molecule has 0 bridgehead atoms. The third-order valence-corrected chi connectivity index (χ3v) is 5.20. The van der Waals surface area contributed by atoms with E-state index in [2.05, 4.69) is 25.3 Å². The zero-order valence-corrected chi connectivity index (χ0v) is 11.3. The molecule has 0 saturated heterocycles. The summed E-state index contributed by atoms with van der Waals surface area (Å²) in [4.78, 5) is 2.44. The van der Waals surface area contributed by atoms with Crippen molar-refractivity contribution in [3.8, 4) is 0 Å². The summed E-state index contributed by atoms with van der Waals surface area (Å²) in [6.07, 6.45) is 3.36. The van der Waals surface area contributed by atoms with E-state index in [0.717, 1.165) is 19.3 Å². The van der Waals surface area contributed by atoms with Crippen molar-refractivity contribution >= 4 is 8.56 Å². The molecular formula is C10H25NO2Si. The quantitative estimate of drug-likeness (QED) is 0.583. The van der Waals surface area contributed by atoms with Gasteiger partial charge < -0.3 is 13.8 Å². The molecule has 86 valence electrons. The molecule has 0 aromatic heterocycles. The second kappa shape index (κ2) is 7.40. The summed E-state index contributed by atoms with van der Waals surface area (Å²) in [6.45, 7) is 8.82. The van der Waals surface area contributed by atoms with Gasteiger partial charge in [-0.1, -0.05) is 13.8 Å². The summed E-state index contributed by atoms with van der Waals surface area (Å²) < 4.78 is 11.0. The fraction of sp³-hybridized carbons (Fsp3) is 1.00. The van der Waals surface area contributed by atoms with E-state index in [1.54, 1.807) is 14.2 Å². The van der Waals surface area contributed by atoms with Crippen LogP contribution in [0.1, 0.15) is 26.7 Å². The lowest BCUT2D eigenvalue weighted by Gasteiger charge is -2.30. The van der Waals surface area contributed by atoms with Crippen molar-refractivity contribution in [1.29, 1.82) is 0 Å². The van der Waals surface area contributed by atoms with Gasteiger partial charge in [0.25, 0.3) is 0 Å². The first kappa shape index (κ1) is 14.1. The maximum Gasteiger partial charge on any atom is 0.348 e. The van der Waals surface area contributed by atoms with Crippen LogP contribution < -0.4 is 0 Å². The molecule has 0 spiro atoms. The summed E-state index contributed by atoms with van der Waals surface area (Å²) in [5.41, 5.74) is 0. The average Bonchev–Trinajstić information content (AvgIpc) is 2.18. The summed E-state index contributed by atoms with van der Waals surface area (Å²) in [5.74, 6) is 0. The second-order valence-electron chi connectivity index (χ2n) is 3.82. The molecule has 0 unspecified atom stereocenters. The minimum absolute atomic E-state index is 0.974. The van der Waals surface area contributed by atoms with E-state index in [-0.39, 0.29) is 0 Å². The molecule has 0 N–H and O–H groups in total. The maximum absolute atomic E-state index is 5.49. The monoisotopic (exact) mass is 219 g/mol. The minimum atomic E-state index is -1.91. The molecule has 4 heteroatoms. The molecule has 0 atom stereocenters. The van der Waals surface area contributed by atoms with Crippen molar-refractivity contribution in [2.45, 2.75) is 33.2 Å². The summed E-state index contributed by atoms with van der Waals surface area (Å²) in [7, 11) is 1.60. The third-order valence-electron chi connectivity index (χ3n) is 2.45. The first-order valence-electron chi connectivity index (χ1n) is 5.44. The summed E-state index contributed by atoms with van der Waals surface area (Å²) in [6, 6.07) is 0. The SMILES string of the molecule is CCCN(CCC)C[Si](C)(OC)OC. The molecule has 0 aliphatic carbocycles. The first-order chi connectivity index (χ1) is 6.61. The normalized spacial score (nSPS) is 12.4. The van der Waals surface area contributed by atoms with E-state index in [1.807, 2.05) is 0 Å². The van der Waals surface area contributed by atoms with Crippen molar-refractivity contribution in [3.63, 3.8) is 0 Å². The Morgan fingerprint density at radius 1 is 1.00 bits per heavy atom. The highest BCUT2D eigenvalue weighted by Crippen LogP contribution is 2.08. The molecule has 0 aliphatic rings. The minimum Gasteiger partial charge on any atom is -0.397 e. The number of hydrogen-bond acceptors (Lipinski definition) is 3. The van der Waals surface area contributed by atoms with Gasteiger partial charge in [0.15, 0.2) is 0 Å². The highest BCUT2D eigenvalue weighted by molar-refractivity contribution is 6.66. The third kappa shape index (κ3) is 5.10. The van der Waals surface area contributed by atoms with Crippen molar-refractivity contribution in [2.24, 2.45) is 0 Å². The molecule has 0 amide bonds. The standard InChI is InChI=1S/C10H25NO2Si/c1-6-8-11(9-7-2)10-14(5,12-3)13-4/h6-10H2,1-5H3. The molecule has 0 fully saturated rings. The smallest absolute Gasteiger partial charge is 0.348 e. The molecule has 0 radical (unpaired) electrons. The Labute approximate surface area is 89.6 Å². The van der Waals surface area contributed by atoms with E-state index < -0.39 is 8.56 Å². The highest BCUT2D eigenvalue weighted by Gasteiger charge is 2.30. The Kier molecular flexibility index (Phi) is 7.45. The zero-order valence-electron chi connectivity index (χ0n) is 10.3. The van der Waals surface area contributed by atoms with Gasteiger partial charge in [0, 0.05) is 20.4 Å². The van der Waals surface area contributed by atoms with Crippen LogP contribution in [0.25, 0.3) is 0 Å². The maximum atomic E-state index is 5.49. The van der Waals surface area contributed by atoms with Crippen LogP contribution in [0, 0.1) is 0 Å². The lowest BCUT2D eigenvalue weighted by atomic mass is 10.4. The Morgan fingerprint density at radius 2 is 1.43 bits per heavy atom. The predicted molar refractivity (Wildman–Crippen MR) is 62.7 cm³/mol.